The van der Waals surface area contributed by atoms with Gasteiger partial charge < -0.3 is 29.3 Å². The van der Waals surface area contributed by atoms with Gasteiger partial charge in [0.25, 0.3) is 17.7 Å². The molecule has 0 saturated carbocycles. The molecule has 3 aromatic carbocycles. The molecule has 0 spiro atoms. The van der Waals surface area contributed by atoms with Crippen LogP contribution >= 0.6 is 0 Å². The van der Waals surface area contributed by atoms with Crippen molar-refractivity contribution >= 4 is 23.2 Å². The van der Waals surface area contributed by atoms with E-state index in [2.05, 4.69) is 32.3 Å². The lowest BCUT2D eigenvalue weighted by atomic mass is 9.97. The van der Waals surface area contributed by atoms with Crippen LogP contribution in [0.1, 0.15) is 15.9 Å². The number of anilines is 3. The van der Waals surface area contributed by atoms with Crippen LogP contribution in [0.4, 0.5) is 17.3 Å². The number of hydrogen-bond acceptors (Lipinski definition) is 8. The quantitative estimate of drug-likeness (QED) is 0.368. The fourth-order valence-electron chi connectivity index (χ4n) is 4.70. The first-order chi connectivity index (χ1) is 18.8. The van der Waals surface area contributed by atoms with Crippen molar-refractivity contribution in [1.82, 2.24) is 15.0 Å². The summed E-state index contributed by atoms with van der Waals surface area (Å²) in [7, 11) is 7.55. The highest BCUT2D eigenvalue weighted by Crippen LogP contribution is 2.33. The van der Waals surface area contributed by atoms with Crippen LogP contribution in [0.3, 0.4) is 0 Å². The predicted octanol–water partition coefficient (Wildman–Crippen LogP) is 4.79. The van der Waals surface area contributed by atoms with Gasteiger partial charge >= 0.3 is 0 Å². The molecule has 1 aliphatic heterocycles. The van der Waals surface area contributed by atoms with Crippen molar-refractivity contribution in [2.75, 3.05) is 69.5 Å². The molecule has 2 heterocycles. The number of likely N-dealkylation sites (N-methyl/N-ethyl adjacent to an activating group) is 1. The van der Waals surface area contributed by atoms with E-state index in [-0.39, 0.29) is 5.91 Å². The van der Waals surface area contributed by atoms with Gasteiger partial charge in [-0.15, -0.1) is 0 Å². The zero-order valence-corrected chi connectivity index (χ0v) is 23.1. The van der Waals surface area contributed by atoms with Crippen molar-refractivity contribution < 1.29 is 14.1 Å². The molecule has 9 heteroatoms. The Morgan fingerprint density at radius 2 is 1.69 bits per heavy atom. The Labute approximate surface area is 229 Å². The Morgan fingerprint density at radius 1 is 0.974 bits per heavy atom. The third kappa shape index (κ3) is 5.73. The van der Waals surface area contributed by atoms with Gasteiger partial charge in [0.05, 0.1) is 12.8 Å². The van der Waals surface area contributed by atoms with Gasteiger partial charge in [-0.25, -0.2) is 0 Å². The Balaban J connectivity index is 1.29. The van der Waals surface area contributed by atoms with E-state index in [1.807, 2.05) is 81.7 Å². The molecule has 0 radical (unpaired) electrons. The smallest absolute Gasteiger partial charge is 0.265 e. The molecule has 9 nitrogen and oxygen atoms in total. The standard InChI is InChI=1S/C30H34N6O3/c1-20-18-23(29-32-30(33-39-29)34(2)3)10-12-25(20)21-6-8-22(9-7-21)28(37)31-24-11-13-27(38-5)26(19-24)36-16-14-35(4)15-17-36/h6-13,18-19H,14-17H2,1-5H3,(H,31,37). The molecule has 39 heavy (non-hydrogen) atoms. The van der Waals surface area contributed by atoms with E-state index in [1.54, 1.807) is 12.0 Å². The first kappa shape index (κ1) is 26.2. The Bertz CT molecular complexity index is 1460. The number of hydrogen-bond donors (Lipinski definition) is 1. The van der Waals surface area contributed by atoms with Crippen molar-refractivity contribution in [2.45, 2.75) is 6.92 Å². The van der Waals surface area contributed by atoms with E-state index in [0.29, 0.717) is 17.4 Å². The molecule has 202 valence electrons. The zero-order valence-electron chi connectivity index (χ0n) is 23.1. The summed E-state index contributed by atoms with van der Waals surface area (Å²) in [4.78, 5) is 23.9. The van der Waals surface area contributed by atoms with Crippen LogP contribution in [0, 0.1) is 6.92 Å². The van der Waals surface area contributed by atoms with Gasteiger partial charge in [0.2, 0.25) is 0 Å². The lowest BCUT2D eigenvalue weighted by Crippen LogP contribution is -2.44. The van der Waals surface area contributed by atoms with Crippen LogP contribution < -0.4 is 19.9 Å². The van der Waals surface area contributed by atoms with E-state index in [4.69, 9.17) is 9.26 Å². The summed E-state index contributed by atoms with van der Waals surface area (Å²) in [5.74, 6) is 1.66. The number of carbonyl (C=O) groups excluding carboxylic acids is 1. The SMILES string of the molecule is COc1ccc(NC(=O)c2ccc(-c3ccc(-c4nc(N(C)C)no4)cc3C)cc2)cc1N1CCN(C)CC1. The van der Waals surface area contributed by atoms with Crippen LogP contribution in [0.25, 0.3) is 22.6 Å². The number of carbonyl (C=O) groups is 1. The fourth-order valence-corrected chi connectivity index (χ4v) is 4.70. The van der Waals surface area contributed by atoms with Crippen LogP contribution in [0.15, 0.2) is 65.2 Å². The van der Waals surface area contributed by atoms with Crippen molar-refractivity contribution in [3.8, 4) is 28.3 Å². The third-order valence-electron chi connectivity index (χ3n) is 7.03. The summed E-state index contributed by atoms with van der Waals surface area (Å²) in [6, 6.07) is 19.5. The van der Waals surface area contributed by atoms with Gasteiger partial charge in [-0.05, 0) is 78.3 Å². The van der Waals surface area contributed by atoms with Crippen molar-refractivity contribution in [3.05, 3.63) is 71.8 Å². The number of aromatic nitrogens is 2. The maximum atomic E-state index is 13.1. The van der Waals surface area contributed by atoms with Gasteiger partial charge in [0, 0.05) is 57.1 Å². The molecular formula is C30H34N6O3. The summed E-state index contributed by atoms with van der Waals surface area (Å²) in [6.07, 6.45) is 0. The molecule has 0 unspecified atom stereocenters. The number of rotatable bonds is 7. The van der Waals surface area contributed by atoms with Gasteiger partial charge in [0.15, 0.2) is 0 Å². The molecule has 1 N–H and O–H groups in total. The maximum Gasteiger partial charge on any atom is 0.265 e. The Kier molecular flexibility index (Phi) is 7.51. The molecule has 1 aromatic heterocycles. The lowest BCUT2D eigenvalue weighted by Gasteiger charge is -2.34. The minimum absolute atomic E-state index is 0.156. The minimum Gasteiger partial charge on any atom is -0.495 e. The zero-order chi connectivity index (χ0) is 27.5. The molecule has 4 aromatic rings. The monoisotopic (exact) mass is 526 g/mol. The summed E-state index contributed by atoms with van der Waals surface area (Å²) < 4.78 is 11.0. The average molecular weight is 527 g/mol. The number of nitrogens with one attached hydrogen (secondary N) is 1. The van der Waals surface area contributed by atoms with E-state index in [0.717, 1.165) is 65.6 Å². The second kappa shape index (κ2) is 11.2. The maximum absolute atomic E-state index is 13.1. The Morgan fingerprint density at radius 3 is 2.33 bits per heavy atom. The number of benzene rings is 3. The Hall–Kier alpha value is -4.37. The highest BCUT2D eigenvalue weighted by Gasteiger charge is 2.19. The molecule has 1 saturated heterocycles. The van der Waals surface area contributed by atoms with Gasteiger partial charge in [-0.3, -0.25) is 4.79 Å². The van der Waals surface area contributed by atoms with Gasteiger partial charge in [-0.2, -0.15) is 4.98 Å². The van der Waals surface area contributed by atoms with Crippen LogP contribution in [0.5, 0.6) is 5.75 Å². The predicted molar refractivity (Wildman–Crippen MR) is 155 cm³/mol. The molecule has 5 rings (SSSR count). The van der Waals surface area contributed by atoms with Crippen molar-refractivity contribution in [1.29, 1.82) is 0 Å². The molecule has 0 atom stereocenters. The molecular weight excluding hydrogens is 492 g/mol. The van der Waals surface area contributed by atoms with Crippen LogP contribution in [-0.4, -0.2) is 75.4 Å². The van der Waals surface area contributed by atoms with Gasteiger partial charge in [-0.1, -0.05) is 18.2 Å². The van der Waals surface area contributed by atoms with Crippen LogP contribution in [-0.2, 0) is 0 Å². The minimum atomic E-state index is -0.156. The van der Waals surface area contributed by atoms with Crippen molar-refractivity contribution in [2.24, 2.45) is 0 Å². The summed E-state index contributed by atoms with van der Waals surface area (Å²) >= 11 is 0. The molecule has 0 bridgehead atoms. The molecule has 1 amide bonds. The highest BCUT2D eigenvalue weighted by atomic mass is 16.5. The second-order valence-electron chi connectivity index (χ2n) is 10.0. The topological polar surface area (TPSA) is 87.0 Å². The van der Waals surface area contributed by atoms with E-state index in [1.165, 1.54) is 0 Å². The first-order valence-electron chi connectivity index (χ1n) is 13.0. The lowest BCUT2D eigenvalue weighted by molar-refractivity contribution is 0.102. The van der Waals surface area contributed by atoms with Crippen molar-refractivity contribution in [3.63, 3.8) is 0 Å². The number of amides is 1. The largest absolute Gasteiger partial charge is 0.495 e. The van der Waals surface area contributed by atoms with E-state index >= 15 is 0 Å². The normalized spacial score (nSPS) is 13.8. The average Bonchev–Trinajstić information content (AvgIpc) is 3.45. The van der Waals surface area contributed by atoms with Crippen LogP contribution in [0.2, 0.25) is 0 Å². The summed E-state index contributed by atoms with van der Waals surface area (Å²) in [6.45, 7) is 5.85. The number of methoxy groups -OCH3 is 1. The van der Waals surface area contributed by atoms with Gasteiger partial charge in [0.1, 0.15) is 5.75 Å². The molecule has 1 aliphatic rings. The summed E-state index contributed by atoms with van der Waals surface area (Å²) in [5, 5.41) is 7.04. The molecule has 1 fully saturated rings. The van der Waals surface area contributed by atoms with E-state index < -0.39 is 0 Å². The number of ether oxygens (including phenoxy) is 1. The molecule has 0 aliphatic carbocycles. The number of aryl methyl sites for hydroxylation is 1. The first-order valence-corrected chi connectivity index (χ1v) is 13.0. The third-order valence-corrected chi connectivity index (χ3v) is 7.03. The number of nitrogens with zero attached hydrogens (tertiary/aromatic N) is 5. The van der Waals surface area contributed by atoms with E-state index in [9.17, 15) is 4.79 Å². The fraction of sp³-hybridized carbons (Fsp3) is 0.300. The highest BCUT2D eigenvalue weighted by molar-refractivity contribution is 6.04. The number of piperazine rings is 1. The summed E-state index contributed by atoms with van der Waals surface area (Å²) in [5.41, 5.74) is 6.36. The second-order valence-corrected chi connectivity index (χ2v) is 10.0.